The third-order valence-electron chi connectivity index (χ3n) is 3.55. The Morgan fingerprint density at radius 1 is 1.22 bits per heavy atom. The van der Waals surface area contributed by atoms with Gasteiger partial charge in [0.1, 0.15) is 11.4 Å². The molecule has 0 spiro atoms. The van der Waals surface area contributed by atoms with Crippen molar-refractivity contribution in [1.82, 2.24) is 9.88 Å². The number of hydrogen-bond donors (Lipinski definition) is 1. The molecular formula is C18H23N3O2. The van der Waals surface area contributed by atoms with E-state index in [-0.39, 0.29) is 5.91 Å². The quantitative estimate of drug-likeness (QED) is 0.846. The Morgan fingerprint density at radius 3 is 2.61 bits per heavy atom. The minimum Gasteiger partial charge on any atom is -0.497 e. The van der Waals surface area contributed by atoms with Gasteiger partial charge in [-0.15, -0.1) is 0 Å². The number of ether oxygens (including phenoxy) is 1. The Hall–Kier alpha value is -2.56. The van der Waals surface area contributed by atoms with Crippen LogP contribution in [0.4, 0.5) is 11.4 Å². The molecule has 0 saturated heterocycles. The van der Waals surface area contributed by atoms with Crippen molar-refractivity contribution < 1.29 is 9.53 Å². The zero-order chi connectivity index (χ0) is 16.7. The van der Waals surface area contributed by atoms with Crippen molar-refractivity contribution in [2.45, 2.75) is 19.8 Å². The first-order valence-corrected chi connectivity index (χ1v) is 7.76. The first kappa shape index (κ1) is 16.8. The maximum atomic E-state index is 12.4. The van der Waals surface area contributed by atoms with Crippen LogP contribution in [0.1, 0.15) is 30.3 Å². The molecule has 0 fully saturated rings. The summed E-state index contributed by atoms with van der Waals surface area (Å²) in [5.74, 6) is 0.746. The molecular weight excluding hydrogens is 290 g/mol. The van der Waals surface area contributed by atoms with Crippen molar-refractivity contribution >= 4 is 17.3 Å². The van der Waals surface area contributed by atoms with Gasteiger partial charge in [-0.3, -0.25) is 9.78 Å². The van der Waals surface area contributed by atoms with Gasteiger partial charge < -0.3 is 15.0 Å². The van der Waals surface area contributed by atoms with Crippen molar-refractivity contribution in [3.63, 3.8) is 0 Å². The Labute approximate surface area is 137 Å². The molecule has 1 heterocycles. The molecule has 0 radical (unpaired) electrons. The molecule has 1 aromatic carbocycles. The predicted molar refractivity (Wildman–Crippen MR) is 92.4 cm³/mol. The van der Waals surface area contributed by atoms with Crippen LogP contribution in [0.3, 0.4) is 0 Å². The third-order valence-corrected chi connectivity index (χ3v) is 3.55. The smallest absolute Gasteiger partial charge is 0.272 e. The molecule has 0 unspecified atom stereocenters. The lowest BCUT2D eigenvalue weighted by molar-refractivity contribution is 0.0787. The second-order valence-corrected chi connectivity index (χ2v) is 5.36. The second-order valence-electron chi connectivity index (χ2n) is 5.36. The molecule has 0 aliphatic rings. The Balaban J connectivity index is 2.08. The van der Waals surface area contributed by atoms with Crippen molar-refractivity contribution in [1.29, 1.82) is 0 Å². The highest BCUT2D eigenvalue weighted by atomic mass is 16.5. The van der Waals surface area contributed by atoms with Gasteiger partial charge >= 0.3 is 0 Å². The SMILES string of the molecule is CCCCN(C)C(=O)c1cc(Nc2ccc(OC)cc2)ccn1. The predicted octanol–water partition coefficient (Wildman–Crippen LogP) is 3.71. The number of aromatic nitrogens is 1. The van der Waals surface area contributed by atoms with Gasteiger partial charge in [-0.05, 0) is 42.8 Å². The van der Waals surface area contributed by atoms with Crippen LogP contribution >= 0.6 is 0 Å². The van der Waals surface area contributed by atoms with Gasteiger partial charge in [-0.2, -0.15) is 0 Å². The van der Waals surface area contributed by atoms with Gasteiger partial charge in [0.05, 0.1) is 7.11 Å². The molecule has 0 bridgehead atoms. The van der Waals surface area contributed by atoms with Gasteiger partial charge in [0.25, 0.3) is 5.91 Å². The fraction of sp³-hybridized carbons (Fsp3) is 0.333. The number of rotatable bonds is 7. The molecule has 1 aromatic heterocycles. The van der Waals surface area contributed by atoms with Gasteiger partial charge in [0.2, 0.25) is 0 Å². The van der Waals surface area contributed by atoms with Gasteiger partial charge in [-0.25, -0.2) is 0 Å². The van der Waals surface area contributed by atoms with Crippen LogP contribution < -0.4 is 10.1 Å². The number of carbonyl (C=O) groups is 1. The summed E-state index contributed by atoms with van der Waals surface area (Å²) in [6, 6.07) is 11.2. The number of benzene rings is 1. The van der Waals surface area contributed by atoms with Crippen LogP contribution in [0.2, 0.25) is 0 Å². The summed E-state index contributed by atoms with van der Waals surface area (Å²) in [6.45, 7) is 2.85. The average molecular weight is 313 g/mol. The Morgan fingerprint density at radius 2 is 1.96 bits per heavy atom. The summed E-state index contributed by atoms with van der Waals surface area (Å²) >= 11 is 0. The van der Waals surface area contributed by atoms with Crippen molar-refractivity contribution in [2.75, 3.05) is 26.0 Å². The molecule has 1 N–H and O–H groups in total. The number of amides is 1. The summed E-state index contributed by atoms with van der Waals surface area (Å²) in [5, 5.41) is 3.27. The molecule has 0 saturated carbocycles. The normalized spacial score (nSPS) is 10.2. The van der Waals surface area contributed by atoms with Crippen molar-refractivity contribution in [3.05, 3.63) is 48.3 Å². The lowest BCUT2D eigenvalue weighted by Crippen LogP contribution is -2.28. The standard InChI is InChI=1S/C18H23N3O2/c1-4-5-12-21(2)18(22)17-13-15(10-11-19-17)20-14-6-8-16(23-3)9-7-14/h6-11,13H,4-5,12H2,1-3H3,(H,19,20). The van der Waals surface area contributed by atoms with Gasteiger partial charge in [-0.1, -0.05) is 13.3 Å². The maximum absolute atomic E-state index is 12.4. The number of pyridine rings is 1. The number of nitrogens with zero attached hydrogens (tertiary/aromatic N) is 2. The molecule has 122 valence electrons. The highest BCUT2D eigenvalue weighted by molar-refractivity contribution is 5.93. The van der Waals surface area contributed by atoms with Gasteiger partial charge in [0.15, 0.2) is 0 Å². The highest BCUT2D eigenvalue weighted by Gasteiger charge is 2.13. The third kappa shape index (κ3) is 4.71. The molecule has 2 aromatic rings. The molecule has 0 aliphatic carbocycles. The van der Waals surface area contributed by atoms with Crippen LogP contribution in [-0.4, -0.2) is 36.5 Å². The first-order chi connectivity index (χ1) is 11.1. The summed E-state index contributed by atoms with van der Waals surface area (Å²) in [6.07, 6.45) is 3.70. The molecule has 0 aliphatic heterocycles. The minimum atomic E-state index is -0.0585. The number of nitrogens with one attached hydrogen (secondary N) is 1. The number of carbonyl (C=O) groups excluding carboxylic acids is 1. The van der Waals surface area contributed by atoms with E-state index >= 15 is 0 Å². The lowest BCUT2D eigenvalue weighted by Gasteiger charge is -2.16. The summed E-state index contributed by atoms with van der Waals surface area (Å²) < 4.78 is 5.14. The zero-order valence-corrected chi connectivity index (χ0v) is 13.9. The van der Waals surface area contributed by atoms with E-state index < -0.39 is 0 Å². The van der Waals surface area contributed by atoms with E-state index in [1.165, 1.54) is 0 Å². The number of anilines is 2. The second kappa shape index (κ2) is 8.17. The summed E-state index contributed by atoms with van der Waals surface area (Å²) in [4.78, 5) is 18.3. The van der Waals surface area contributed by atoms with Crippen molar-refractivity contribution in [2.24, 2.45) is 0 Å². The highest BCUT2D eigenvalue weighted by Crippen LogP contribution is 2.20. The monoisotopic (exact) mass is 313 g/mol. The van der Waals surface area contributed by atoms with Crippen LogP contribution in [0.5, 0.6) is 5.75 Å². The maximum Gasteiger partial charge on any atom is 0.272 e. The molecule has 23 heavy (non-hydrogen) atoms. The van der Waals surface area contributed by atoms with Crippen LogP contribution in [0.15, 0.2) is 42.6 Å². The van der Waals surface area contributed by atoms with E-state index in [1.54, 1.807) is 24.3 Å². The van der Waals surface area contributed by atoms with Crippen LogP contribution in [-0.2, 0) is 0 Å². The fourth-order valence-corrected chi connectivity index (χ4v) is 2.16. The van der Waals surface area contributed by atoms with E-state index in [9.17, 15) is 4.79 Å². The largest absolute Gasteiger partial charge is 0.497 e. The summed E-state index contributed by atoms with van der Waals surface area (Å²) in [5.41, 5.74) is 2.20. The van der Waals surface area contributed by atoms with E-state index in [0.29, 0.717) is 5.69 Å². The van der Waals surface area contributed by atoms with Gasteiger partial charge in [0, 0.05) is 31.2 Å². The average Bonchev–Trinajstić information content (AvgIpc) is 2.60. The zero-order valence-electron chi connectivity index (χ0n) is 13.9. The molecule has 0 atom stereocenters. The van der Waals surface area contributed by atoms with Crippen molar-refractivity contribution in [3.8, 4) is 5.75 Å². The topological polar surface area (TPSA) is 54.5 Å². The Kier molecular flexibility index (Phi) is 5.97. The first-order valence-electron chi connectivity index (χ1n) is 7.76. The molecule has 5 heteroatoms. The van der Waals surface area contributed by atoms with Crippen LogP contribution in [0.25, 0.3) is 0 Å². The number of methoxy groups -OCH3 is 1. The molecule has 1 amide bonds. The van der Waals surface area contributed by atoms with E-state index in [4.69, 9.17) is 4.74 Å². The Bertz CT molecular complexity index is 641. The number of unbranched alkanes of at least 4 members (excludes halogenated alkanes) is 1. The van der Waals surface area contributed by atoms with Crippen LogP contribution in [0, 0.1) is 0 Å². The molecule has 2 rings (SSSR count). The van der Waals surface area contributed by atoms with E-state index in [2.05, 4.69) is 17.2 Å². The van der Waals surface area contributed by atoms with E-state index in [1.807, 2.05) is 37.4 Å². The molecule has 5 nitrogen and oxygen atoms in total. The number of hydrogen-bond acceptors (Lipinski definition) is 4. The minimum absolute atomic E-state index is 0.0585. The van der Waals surface area contributed by atoms with E-state index in [0.717, 1.165) is 36.5 Å². The lowest BCUT2D eigenvalue weighted by atomic mass is 10.2. The fourth-order valence-electron chi connectivity index (χ4n) is 2.16. The summed E-state index contributed by atoms with van der Waals surface area (Å²) in [7, 11) is 3.45.